The van der Waals surface area contributed by atoms with Crippen molar-refractivity contribution in [3.05, 3.63) is 30.3 Å². The zero-order chi connectivity index (χ0) is 10.8. The van der Waals surface area contributed by atoms with E-state index in [-0.39, 0.29) is 6.42 Å². The molecule has 1 aromatic carbocycles. The lowest BCUT2D eigenvalue weighted by Crippen LogP contribution is -2.54. The van der Waals surface area contributed by atoms with Gasteiger partial charge in [0, 0.05) is 0 Å². The number of carbonyl (C=O) groups excluding carboxylic acids is 2. The number of amides is 3. The summed E-state index contributed by atoms with van der Waals surface area (Å²) in [7, 11) is 0. The predicted molar refractivity (Wildman–Crippen MR) is 53.1 cm³/mol. The third-order valence-corrected chi connectivity index (χ3v) is 2.12. The Hall–Kier alpha value is -1.88. The maximum absolute atomic E-state index is 11.5. The number of carbonyl (C=O) groups is 2. The van der Waals surface area contributed by atoms with Crippen molar-refractivity contribution in [2.24, 2.45) is 0 Å². The molecule has 0 bridgehead atoms. The minimum absolute atomic E-state index is 0.0966. The summed E-state index contributed by atoms with van der Waals surface area (Å²) in [5, 5.41) is 11.4. The van der Waals surface area contributed by atoms with E-state index in [0.29, 0.717) is 5.69 Å². The first-order valence-electron chi connectivity index (χ1n) is 4.55. The number of hydrogen-bond donors (Lipinski definition) is 2. The van der Waals surface area contributed by atoms with Gasteiger partial charge >= 0.3 is 6.03 Å². The quantitative estimate of drug-likeness (QED) is 0.701. The van der Waals surface area contributed by atoms with Crippen LogP contribution in [0.25, 0.3) is 0 Å². The number of hydrogen-bond acceptors (Lipinski definition) is 3. The SMILES string of the molecule is O=C1CC(O)NC(=O)N1c1ccccc1. The van der Waals surface area contributed by atoms with Crippen LogP contribution < -0.4 is 10.2 Å². The number of anilines is 1. The summed E-state index contributed by atoms with van der Waals surface area (Å²) in [5.74, 6) is -0.405. The number of rotatable bonds is 1. The Labute approximate surface area is 86.3 Å². The number of nitrogens with zero attached hydrogens (tertiary/aromatic N) is 1. The van der Waals surface area contributed by atoms with E-state index >= 15 is 0 Å². The molecule has 1 atom stereocenters. The third-order valence-electron chi connectivity index (χ3n) is 2.12. The Morgan fingerprint density at radius 2 is 1.93 bits per heavy atom. The van der Waals surface area contributed by atoms with Gasteiger partial charge in [0.05, 0.1) is 12.1 Å². The first-order chi connectivity index (χ1) is 7.18. The molecule has 0 saturated carbocycles. The summed E-state index contributed by atoms with van der Waals surface area (Å²) in [5.41, 5.74) is 0.506. The molecule has 1 unspecified atom stereocenters. The highest BCUT2D eigenvalue weighted by Crippen LogP contribution is 2.17. The fraction of sp³-hybridized carbons (Fsp3) is 0.200. The van der Waals surface area contributed by atoms with Crippen molar-refractivity contribution in [2.45, 2.75) is 12.6 Å². The van der Waals surface area contributed by atoms with Gasteiger partial charge in [-0.25, -0.2) is 9.69 Å². The van der Waals surface area contributed by atoms with Gasteiger partial charge in [-0.05, 0) is 12.1 Å². The molecule has 0 radical (unpaired) electrons. The van der Waals surface area contributed by atoms with Crippen molar-refractivity contribution >= 4 is 17.6 Å². The second-order valence-corrected chi connectivity index (χ2v) is 3.23. The van der Waals surface area contributed by atoms with Crippen molar-refractivity contribution in [1.29, 1.82) is 0 Å². The molecule has 78 valence electrons. The average Bonchev–Trinajstić information content (AvgIpc) is 2.17. The predicted octanol–water partition coefficient (Wildman–Crippen LogP) is 0.451. The van der Waals surface area contributed by atoms with Gasteiger partial charge in [0.15, 0.2) is 0 Å². The molecule has 0 spiro atoms. The molecule has 2 N–H and O–H groups in total. The van der Waals surface area contributed by atoms with Gasteiger partial charge < -0.3 is 10.4 Å². The van der Waals surface area contributed by atoms with Crippen LogP contribution in [0, 0.1) is 0 Å². The summed E-state index contributed by atoms with van der Waals surface area (Å²) in [6, 6.07) is 8.00. The van der Waals surface area contributed by atoms with E-state index < -0.39 is 18.2 Å². The minimum Gasteiger partial charge on any atom is -0.373 e. The van der Waals surface area contributed by atoms with Gasteiger partial charge in [0.1, 0.15) is 6.23 Å². The lowest BCUT2D eigenvalue weighted by molar-refractivity contribution is -0.121. The number of aliphatic hydroxyl groups excluding tert-OH is 1. The van der Waals surface area contributed by atoms with Crippen LogP contribution in [0.2, 0.25) is 0 Å². The second-order valence-electron chi connectivity index (χ2n) is 3.23. The van der Waals surface area contributed by atoms with Crippen LogP contribution in [0.4, 0.5) is 10.5 Å². The smallest absolute Gasteiger partial charge is 0.330 e. The normalized spacial score (nSPS) is 21.4. The van der Waals surface area contributed by atoms with Gasteiger partial charge in [-0.1, -0.05) is 18.2 Å². The van der Waals surface area contributed by atoms with Crippen LogP contribution in [0.1, 0.15) is 6.42 Å². The van der Waals surface area contributed by atoms with Crippen LogP contribution in [-0.4, -0.2) is 23.3 Å². The third kappa shape index (κ3) is 1.82. The molecule has 2 rings (SSSR count). The number of imide groups is 1. The van der Waals surface area contributed by atoms with Crippen LogP contribution in [-0.2, 0) is 4.79 Å². The van der Waals surface area contributed by atoms with Gasteiger partial charge in [-0.3, -0.25) is 4.79 Å². The number of para-hydroxylation sites is 1. The van der Waals surface area contributed by atoms with Crippen LogP contribution in [0.15, 0.2) is 30.3 Å². The van der Waals surface area contributed by atoms with Crippen molar-refractivity contribution in [3.8, 4) is 0 Å². The highest BCUT2D eigenvalue weighted by atomic mass is 16.3. The monoisotopic (exact) mass is 206 g/mol. The van der Waals surface area contributed by atoms with Crippen LogP contribution in [0.3, 0.4) is 0 Å². The van der Waals surface area contributed by atoms with Crippen molar-refractivity contribution in [2.75, 3.05) is 4.90 Å². The molecule has 1 fully saturated rings. The van der Waals surface area contributed by atoms with Gasteiger partial charge in [-0.15, -0.1) is 0 Å². The highest BCUT2D eigenvalue weighted by Gasteiger charge is 2.31. The largest absolute Gasteiger partial charge is 0.373 e. The molecule has 0 aliphatic carbocycles. The highest BCUT2D eigenvalue weighted by molar-refractivity contribution is 6.15. The number of urea groups is 1. The number of aliphatic hydroxyl groups is 1. The summed E-state index contributed by atoms with van der Waals surface area (Å²) in [6.07, 6.45) is -1.18. The molecule has 1 aliphatic rings. The fourth-order valence-electron chi connectivity index (χ4n) is 1.47. The Balaban J connectivity index is 2.29. The summed E-state index contributed by atoms with van der Waals surface area (Å²) in [4.78, 5) is 24.0. The topological polar surface area (TPSA) is 69.6 Å². The van der Waals surface area contributed by atoms with E-state index in [9.17, 15) is 9.59 Å². The van der Waals surface area contributed by atoms with Crippen molar-refractivity contribution in [3.63, 3.8) is 0 Å². The molecule has 5 nitrogen and oxygen atoms in total. The van der Waals surface area contributed by atoms with Crippen molar-refractivity contribution in [1.82, 2.24) is 5.32 Å². The van der Waals surface area contributed by atoms with Gasteiger partial charge in [-0.2, -0.15) is 0 Å². The average molecular weight is 206 g/mol. The summed E-state index contributed by atoms with van der Waals surface area (Å²) < 4.78 is 0. The first kappa shape index (κ1) is 9.67. The fourth-order valence-corrected chi connectivity index (χ4v) is 1.47. The zero-order valence-corrected chi connectivity index (χ0v) is 7.88. The van der Waals surface area contributed by atoms with Gasteiger partial charge in [0.25, 0.3) is 0 Å². The van der Waals surface area contributed by atoms with E-state index in [4.69, 9.17) is 5.11 Å². The van der Waals surface area contributed by atoms with E-state index in [2.05, 4.69) is 5.32 Å². The number of benzene rings is 1. The molecular formula is C10H10N2O3. The van der Waals surface area contributed by atoms with E-state index in [1.807, 2.05) is 0 Å². The molecular weight excluding hydrogens is 196 g/mol. The maximum Gasteiger partial charge on any atom is 0.330 e. The standard InChI is InChI=1S/C10H10N2O3/c13-8-6-9(14)12(10(15)11-8)7-4-2-1-3-5-7/h1-5,8,13H,6H2,(H,11,15). The maximum atomic E-state index is 11.5. The molecule has 1 heterocycles. The molecule has 15 heavy (non-hydrogen) atoms. The molecule has 0 aromatic heterocycles. The Morgan fingerprint density at radius 1 is 1.27 bits per heavy atom. The molecule has 3 amide bonds. The summed E-state index contributed by atoms with van der Waals surface area (Å²) >= 11 is 0. The molecule has 1 saturated heterocycles. The number of nitrogens with one attached hydrogen (secondary N) is 1. The lowest BCUT2D eigenvalue weighted by atomic mass is 10.2. The molecule has 1 aliphatic heterocycles. The second kappa shape index (κ2) is 3.70. The van der Waals surface area contributed by atoms with E-state index in [1.54, 1.807) is 30.3 Å². The van der Waals surface area contributed by atoms with Crippen LogP contribution >= 0.6 is 0 Å². The van der Waals surface area contributed by atoms with Crippen molar-refractivity contribution < 1.29 is 14.7 Å². The van der Waals surface area contributed by atoms with Gasteiger partial charge in [0.2, 0.25) is 5.91 Å². The Kier molecular flexibility index (Phi) is 2.39. The molecule has 5 heteroatoms. The minimum atomic E-state index is -1.08. The molecule has 1 aromatic rings. The Bertz CT molecular complexity index is 373. The zero-order valence-electron chi connectivity index (χ0n) is 7.88. The van der Waals surface area contributed by atoms with Crippen LogP contribution in [0.5, 0.6) is 0 Å². The first-order valence-corrected chi connectivity index (χ1v) is 4.55. The lowest BCUT2D eigenvalue weighted by Gasteiger charge is -2.28. The van der Waals surface area contributed by atoms with E-state index in [1.165, 1.54) is 0 Å². The van der Waals surface area contributed by atoms with E-state index in [0.717, 1.165) is 4.90 Å². The summed E-state index contributed by atoms with van der Waals surface area (Å²) in [6.45, 7) is 0. The Morgan fingerprint density at radius 3 is 2.53 bits per heavy atom.